The number of hydrogen-bond acceptors (Lipinski definition) is 4. The minimum Gasteiger partial charge on any atom is -0.482 e. The number of carbonyl (C=O) groups excluding carboxylic acids is 2. The molecule has 6 nitrogen and oxygen atoms in total. The summed E-state index contributed by atoms with van der Waals surface area (Å²) < 4.78 is 5.27. The van der Waals surface area contributed by atoms with Crippen LogP contribution in [0.2, 0.25) is 0 Å². The van der Waals surface area contributed by atoms with Crippen molar-refractivity contribution in [1.82, 2.24) is 10.6 Å². The molecule has 2 aliphatic heterocycles. The lowest BCUT2D eigenvalue weighted by Crippen LogP contribution is -2.50. The average Bonchev–Trinajstić information content (AvgIpc) is 2.33. The fourth-order valence-electron chi connectivity index (χ4n) is 2.05. The van der Waals surface area contributed by atoms with Gasteiger partial charge in [0.1, 0.15) is 5.75 Å². The summed E-state index contributed by atoms with van der Waals surface area (Å²) in [6.07, 6.45) is 0. The minimum atomic E-state index is -0.158. The van der Waals surface area contributed by atoms with E-state index in [0.717, 1.165) is 18.7 Å². The van der Waals surface area contributed by atoms with Gasteiger partial charge in [-0.1, -0.05) is 6.07 Å². The number of carbonyl (C=O) groups is 2. The molecule has 0 atom stereocenters. The van der Waals surface area contributed by atoms with Crippen molar-refractivity contribution in [2.24, 2.45) is 5.92 Å². The van der Waals surface area contributed by atoms with Crippen LogP contribution in [0.4, 0.5) is 5.69 Å². The zero-order valence-electron chi connectivity index (χ0n) is 10.4. The highest BCUT2D eigenvalue weighted by atomic mass is 16.5. The van der Waals surface area contributed by atoms with E-state index in [2.05, 4.69) is 16.0 Å². The summed E-state index contributed by atoms with van der Waals surface area (Å²) in [5.74, 6) is 0.657. The predicted octanol–water partition coefficient (Wildman–Crippen LogP) is -0.147. The fourth-order valence-corrected chi connectivity index (χ4v) is 2.05. The molecular formula is C13H15N3O3. The molecule has 2 amide bonds. The molecule has 1 aromatic rings. The number of ether oxygens (including phenoxy) is 1. The van der Waals surface area contributed by atoms with Crippen molar-refractivity contribution in [3.63, 3.8) is 0 Å². The first kappa shape index (κ1) is 12.0. The third-order valence-corrected chi connectivity index (χ3v) is 3.30. The Balaban J connectivity index is 1.63. The van der Waals surface area contributed by atoms with E-state index in [9.17, 15) is 9.59 Å². The van der Waals surface area contributed by atoms with Crippen LogP contribution in [0.15, 0.2) is 18.2 Å². The summed E-state index contributed by atoms with van der Waals surface area (Å²) in [5.41, 5.74) is 1.60. The molecule has 0 radical (unpaired) electrons. The normalized spacial score (nSPS) is 17.8. The molecule has 3 N–H and O–H groups in total. The van der Waals surface area contributed by atoms with E-state index in [0.29, 0.717) is 18.0 Å². The Kier molecular flexibility index (Phi) is 3.08. The van der Waals surface area contributed by atoms with Gasteiger partial charge in [-0.05, 0) is 17.7 Å². The molecule has 6 heteroatoms. The Bertz CT molecular complexity index is 526. The monoisotopic (exact) mass is 261 g/mol. The van der Waals surface area contributed by atoms with Gasteiger partial charge >= 0.3 is 0 Å². The molecule has 100 valence electrons. The molecule has 2 aliphatic rings. The molecule has 19 heavy (non-hydrogen) atoms. The van der Waals surface area contributed by atoms with Crippen LogP contribution in [0.5, 0.6) is 5.75 Å². The molecule has 0 spiro atoms. The number of nitrogens with one attached hydrogen (secondary N) is 3. The fraction of sp³-hybridized carbons (Fsp3) is 0.385. The minimum absolute atomic E-state index is 0.0533. The highest BCUT2D eigenvalue weighted by molar-refractivity contribution is 5.95. The Morgan fingerprint density at radius 2 is 2.26 bits per heavy atom. The van der Waals surface area contributed by atoms with Gasteiger partial charge in [0.2, 0.25) is 5.91 Å². The van der Waals surface area contributed by atoms with Crippen LogP contribution >= 0.6 is 0 Å². The van der Waals surface area contributed by atoms with Crippen LogP contribution in [0.1, 0.15) is 5.56 Å². The van der Waals surface area contributed by atoms with Crippen LogP contribution in [0.25, 0.3) is 0 Å². The lowest BCUT2D eigenvalue weighted by molar-refractivity contribution is -0.126. The molecule has 1 saturated heterocycles. The van der Waals surface area contributed by atoms with Crippen molar-refractivity contribution in [3.05, 3.63) is 23.8 Å². The van der Waals surface area contributed by atoms with Crippen molar-refractivity contribution in [2.45, 2.75) is 6.54 Å². The molecule has 0 aromatic heterocycles. The number of fused-ring (bicyclic) bond motifs is 1. The van der Waals surface area contributed by atoms with E-state index < -0.39 is 0 Å². The summed E-state index contributed by atoms with van der Waals surface area (Å²) >= 11 is 0. The van der Waals surface area contributed by atoms with Gasteiger partial charge in [0.15, 0.2) is 6.61 Å². The Morgan fingerprint density at radius 3 is 3.00 bits per heavy atom. The summed E-state index contributed by atoms with van der Waals surface area (Å²) in [4.78, 5) is 22.9. The van der Waals surface area contributed by atoms with Gasteiger partial charge in [-0.15, -0.1) is 0 Å². The van der Waals surface area contributed by atoms with Gasteiger partial charge in [-0.2, -0.15) is 0 Å². The molecule has 0 unspecified atom stereocenters. The highest BCUT2D eigenvalue weighted by Crippen LogP contribution is 2.28. The van der Waals surface area contributed by atoms with Gasteiger partial charge in [-0.3, -0.25) is 9.59 Å². The van der Waals surface area contributed by atoms with E-state index in [1.165, 1.54) is 0 Å². The smallest absolute Gasteiger partial charge is 0.262 e. The number of anilines is 1. The zero-order valence-corrected chi connectivity index (χ0v) is 10.4. The van der Waals surface area contributed by atoms with Crippen LogP contribution in [0.3, 0.4) is 0 Å². The molecule has 1 fully saturated rings. The van der Waals surface area contributed by atoms with Crippen LogP contribution in [-0.2, 0) is 16.1 Å². The SMILES string of the molecule is O=C1COc2ccc(CNC(=O)C3CNC3)cc2N1. The van der Waals surface area contributed by atoms with Crippen molar-refractivity contribution < 1.29 is 14.3 Å². The predicted molar refractivity (Wildman–Crippen MR) is 68.8 cm³/mol. The molecular weight excluding hydrogens is 246 g/mol. The van der Waals surface area contributed by atoms with Gasteiger partial charge in [0.05, 0.1) is 11.6 Å². The van der Waals surface area contributed by atoms with Crippen molar-refractivity contribution >= 4 is 17.5 Å². The first-order chi connectivity index (χ1) is 9.22. The van der Waals surface area contributed by atoms with Gasteiger partial charge < -0.3 is 20.7 Å². The molecule has 0 bridgehead atoms. The van der Waals surface area contributed by atoms with Gasteiger partial charge in [-0.25, -0.2) is 0 Å². The maximum atomic E-state index is 11.7. The molecule has 0 aliphatic carbocycles. The quantitative estimate of drug-likeness (QED) is 0.707. The third kappa shape index (κ3) is 2.53. The van der Waals surface area contributed by atoms with Crippen molar-refractivity contribution in [3.8, 4) is 5.75 Å². The van der Waals surface area contributed by atoms with E-state index >= 15 is 0 Å². The van der Waals surface area contributed by atoms with E-state index in [1.54, 1.807) is 6.07 Å². The summed E-state index contributed by atoms with van der Waals surface area (Å²) in [5, 5.41) is 8.69. The van der Waals surface area contributed by atoms with E-state index in [4.69, 9.17) is 4.74 Å². The number of rotatable bonds is 3. The second kappa shape index (κ2) is 4.89. The molecule has 1 aromatic carbocycles. The maximum absolute atomic E-state index is 11.7. The Morgan fingerprint density at radius 1 is 1.42 bits per heavy atom. The standard InChI is InChI=1S/C13H15N3O3/c17-12-7-19-11-2-1-8(3-10(11)16-12)4-15-13(18)9-5-14-6-9/h1-3,9,14H,4-7H2,(H,15,18)(H,16,17). The summed E-state index contributed by atoms with van der Waals surface area (Å²) in [6, 6.07) is 5.52. The first-order valence-electron chi connectivity index (χ1n) is 6.26. The maximum Gasteiger partial charge on any atom is 0.262 e. The van der Waals surface area contributed by atoms with Gasteiger partial charge in [0.25, 0.3) is 5.91 Å². The van der Waals surface area contributed by atoms with Crippen LogP contribution in [-0.4, -0.2) is 31.5 Å². The number of hydrogen-bond donors (Lipinski definition) is 3. The average molecular weight is 261 g/mol. The lowest BCUT2D eigenvalue weighted by atomic mass is 10.0. The third-order valence-electron chi connectivity index (χ3n) is 3.30. The molecule has 0 saturated carbocycles. The molecule has 2 heterocycles. The lowest BCUT2D eigenvalue weighted by Gasteiger charge is -2.26. The molecule has 3 rings (SSSR count). The number of amides is 2. The largest absolute Gasteiger partial charge is 0.482 e. The van der Waals surface area contributed by atoms with Crippen LogP contribution < -0.4 is 20.7 Å². The zero-order chi connectivity index (χ0) is 13.2. The van der Waals surface area contributed by atoms with Crippen LogP contribution in [0, 0.1) is 5.92 Å². The second-order valence-electron chi connectivity index (χ2n) is 4.74. The summed E-state index contributed by atoms with van der Waals surface area (Å²) in [7, 11) is 0. The van der Waals surface area contributed by atoms with E-state index in [-0.39, 0.29) is 24.3 Å². The Labute approximate surface area is 110 Å². The van der Waals surface area contributed by atoms with Gasteiger partial charge in [0, 0.05) is 19.6 Å². The van der Waals surface area contributed by atoms with E-state index in [1.807, 2.05) is 12.1 Å². The van der Waals surface area contributed by atoms with Crippen molar-refractivity contribution in [1.29, 1.82) is 0 Å². The first-order valence-corrected chi connectivity index (χ1v) is 6.26. The number of benzene rings is 1. The Hall–Kier alpha value is -2.08. The topological polar surface area (TPSA) is 79.5 Å². The second-order valence-corrected chi connectivity index (χ2v) is 4.74. The highest BCUT2D eigenvalue weighted by Gasteiger charge is 2.24. The van der Waals surface area contributed by atoms with Crippen molar-refractivity contribution in [2.75, 3.05) is 25.0 Å². The summed E-state index contributed by atoms with van der Waals surface area (Å²) in [6.45, 7) is 2.01.